The summed E-state index contributed by atoms with van der Waals surface area (Å²) in [5.41, 5.74) is 3.66. The molecule has 0 bridgehead atoms. The highest BCUT2D eigenvalue weighted by Gasteiger charge is 2.13. The van der Waals surface area contributed by atoms with E-state index in [9.17, 15) is 0 Å². The van der Waals surface area contributed by atoms with Gasteiger partial charge in [-0.05, 0) is 34.8 Å². The fraction of sp³-hybridized carbons (Fsp3) is 0.727. The van der Waals surface area contributed by atoms with Crippen molar-refractivity contribution in [2.24, 2.45) is 10.8 Å². The van der Waals surface area contributed by atoms with Crippen LogP contribution >= 0.6 is 0 Å². The Kier molecular flexibility index (Phi) is 23.6. The standard InChI is InChI=1S/C16H26.6CH4/c1-15(2,3)11-13-7-9-14(10-8-13)12-16(4,5)6;;;;;;/h7-10H,11-12H2,1-6H3;6*1H4. The van der Waals surface area contributed by atoms with E-state index in [0.29, 0.717) is 10.8 Å². The van der Waals surface area contributed by atoms with Crippen LogP contribution in [0.1, 0.15) is 97.2 Å². The second kappa shape index (κ2) is 13.9. The zero-order valence-corrected chi connectivity index (χ0v) is 11.7. The summed E-state index contributed by atoms with van der Waals surface area (Å²) in [6.45, 7) is 13.7. The molecule has 1 aromatic rings. The molecule has 0 fully saturated rings. The van der Waals surface area contributed by atoms with Gasteiger partial charge in [0.25, 0.3) is 0 Å². The predicted molar refractivity (Wildman–Crippen MR) is 113 cm³/mol. The van der Waals surface area contributed by atoms with Gasteiger partial charge in [-0.1, -0.05) is 110 Å². The first-order valence-corrected chi connectivity index (χ1v) is 6.24. The second-order valence-corrected chi connectivity index (χ2v) is 7.29. The van der Waals surface area contributed by atoms with Gasteiger partial charge in [0, 0.05) is 0 Å². The maximum absolute atomic E-state index is 2.29. The minimum Gasteiger partial charge on any atom is -0.0776 e. The van der Waals surface area contributed by atoms with Crippen LogP contribution in [0.3, 0.4) is 0 Å². The molecule has 0 heterocycles. The van der Waals surface area contributed by atoms with Crippen LogP contribution in [-0.4, -0.2) is 0 Å². The van der Waals surface area contributed by atoms with Gasteiger partial charge in [-0.3, -0.25) is 0 Å². The average Bonchev–Trinajstić information content (AvgIpc) is 2.03. The van der Waals surface area contributed by atoms with E-state index >= 15 is 0 Å². The van der Waals surface area contributed by atoms with Crippen LogP contribution in [0.2, 0.25) is 0 Å². The summed E-state index contributed by atoms with van der Waals surface area (Å²) in [4.78, 5) is 0. The molecule has 0 N–H and O–H groups in total. The number of benzene rings is 1. The summed E-state index contributed by atoms with van der Waals surface area (Å²) in [6, 6.07) is 9.14. The van der Waals surface area contributed by atoms with Gasteiger partial charge < -0.3 is 0 Å². The van der Waals surface area contributed by atoms with Crippen molar-refractivity contribution in [2.45, 2.75) is 98.9 Å². The van der Waals surface area contributed by atoms with E-state index in [0.717, 1.165) is 12.8 Å². The Hall–Kier alpha value is -0.780. The van der Waals surface area contributed by atoms with Gasteiger partial charge in [-0.2, -0.15) is 0 Å². The lowest BCUT2D eigenvalue weighted by Gasteiger charge is -2.20. The average molecular weight is 315 g/mol. The van der Waals surface area contributed by atoms with Crippen molar-refractivity contribution in [3.8, 4) is 0 Å². The van der Waals surface area contributed by atoms with E-state index in [1.165, 1.54) is 11.1 Å². The Bertz CT molecular complexity index is 282. The molecule has 0 unspecified atom stereocenters. The summed E-state index contributed by atoms with van der Waals surface area (Å²) < 4.78 is 0. The predicted octanol–water partition coefficient (Wildman–Crippen LogP) is 8.68. The summed E-state index contributed by atoms with van der Waals surface area (Å²) >= 11 is 0. The summed E-state index contributed by atoms with van der Waals surface area (Å²) in [5.74, 6) is 0. The number of rotatable bonds is 2. The van der Waals surface area contributed by atoms with Gasteiger partial charge >= 0.3 is 0 Å². The third-order valence-electron chi connectivity index (χ3n) is 2.49. The molecular formula is C22H50. The van der Waals surface area contributed by atoms with Gasteiger partial charge in [0.05, 0.1) is 0 Å². The molecule has 22 heavy (non-hydrogen) atoms. The lowest BCUT2D eigenvalue weighted by molar-refractivity contribution is 0.407. The molecule has 0 aliphatic carbocycles. The normalized spacial score (nSPS) is 9.36. The number of hydrogen-bond acceptors (Lipinski definition) is 0. The van der Waals surface area contributed by atoms with Crippen LogP contribution in [0.5, 0.6) is 0 Å². The van der Waals surface area contributed by atoms with E-state index in [-0.39, 0.29) is 44.6 Å². The topological polar surface area (TPSA) is 0 Å². The Morgan fingerprint density at radius 1 is 0.500 bits per heavy atom. The quantitative estimate of drug-likeness (QED) is 0.512. The molecule has 0 saturated heterocycles. The molecule has 138 valence electrons. The highest BCUT2D eigenvalue weighted by Crippen LogP contribution is 2.23. The fourth-order valence-corrected chi connectivity index (χ4v) is 2.00. The highest BCUT2D eigenvalue weighted by molar-refractivity contribution is 5.24. The molecule has 0 saturated carbocycles. The first-order valence-electron chi connectivity index (χ1n) is 6.24. The van der Waals surface area contributed by atoms with Gasteiger partial charge in [-0.25, -0.2) is 0 Å². The molecule has 0 atom stereocenters. The lowest BCUT2D eigenvalue weighted by Crippen LogP contribution is -2.10. The van der Waals surface area contributed by atoms with Crippen molar-refractivity contribution in [1.82, 2.24) is 0 Å². The van der Waals surface area contributed by atoms with Gasteiger partial charge in [0.15, 0.2) is 0 Å². The maximum atomic E-state index is 2.29. The SMILES string of the molecule is C.C.C.C.C.C.CC(C)(C)Cc1ccc(CC(C)(C)C)cc1. The molecular weight excluding hydrogens is 264 g/mol. The summed E-state index contributed by atoms with van der Waals surface area (Å²) in [7, 11) is 0. The van der Waals surface area contributed by atoms with Crippen molar-refractivity contribution in [3.05, 3.63) is 35.4 Å². The van der Waals surface area contributed by atoms with Crippen molar-refractivity contribution in [3.63, 3.8) is 0 Å². The van der Waals surface area contributed by atoms with E-state index in [2.05, 4.69) is 65.8 Å². The molecule has 0 aliphatic rings. The third-order valence-corrected chi connectivity index (χ3v) is 2.49. The van der Waals surface area contributed by atoms with E-state index in [4.69, 9.17) is 0 Å². The van der Waals surface area contributed by atoms with Crippen molar-refractivity contribution >= 4 is 0 Å². The maximum Gasteiger partial charge on any atom is -0.0230 e. The first-order chi connectivity index (χ1) is 7.16. The summed E-state index contributed by atoms with van der Waals surface area (Å²) in [6.07, 6.45) is 2.31. The fourth-order valence-electron chi connectivity index (χ4n) is 2.00. The van der Waals surface area contributed by atoms with E-state index < -0.39 is 0 Å². The van der Waals surface area contributed by atoms with Crippen LogP contribution in [0.4, 0.5) is 0 Å². The van der Waals surface area contributed by atoms with Crippen LogP contribution in [0, 0.1) is 10.8 Å². The van der Waals surface area contributed by atoms with Crippen molar-refractivity contribution in [2.75, 3.05) is 0 Å². The van der Waals surface area contributed by atoms with Crippen LogP contribution < -0.4 is 0 Å². The van der Waals surface area contributed by atoms with Crippen LogP contribution in [-0.2, 0) is 12.8 Å². The minimum absolute atomic E-state index is 0. The van der Waals surface area contributed by atoms with Gasteiger partial charge in [-0.15, -0.1) is 0 Å². The molecule has 0 spiro atoms. The Balaban J connectivity index is -0.000000107. The monoisotopic (exact) mass is 314 g/mol. The smallest absolute Gasteiger partial charge is 0.0230 e. The van der Waals surface area contributed by atoms with E-state index in [1.807, 2.05) is 0 Å². The van der Waals surface area contributed by atoms with E-state index in [1.54, 1.807) is 0 Å². The molecule has 0 heteroatoms. The first kappa shape index (κ1) is 37.5. The van der Waals surface area contributed by atoms with Crippen molar-refractivity contribution in [1.29, 1.82) is 0 Å². The Morgan fingerprint density at radius 2 is 0.682 bits per heavy atom. The molecule has 0 nitrogen and oxygen atoms in total. The largest absolute Gasteiger partial charge is 0.0776 e. The highest BCUT2D eigenvalue weighted by atomic mass is 14.2. The zero-order chi connectivity index (χ0) is 12.4. The van der Waals surface area contributed by atoms with Gasteiger partial charge in [0.2, 0.25) is 0 Å². The number of hydrogen-bond donors (Lipinski definition) is 0. The molecule has 0 aromatic heterocycles. The Morgan fingerprint density at radius 3 is 0.818 bits per heavy atom. The van der Waals surface area contributed by atoms with Crippen LogP contribution in [0.25, 0.3) is 0 Å². The van der Waals surface area contributed by atoms with Crippen LogP contribution in [0.15, 0.2) is 24.3 Å². The van der Waals surface area contributed by atoms with Crippen molar-refractivity contribution < 1.29 is 0 Å². The molecule has 0 radical (unpaired) electrons. The molecule has 0 aliphatic heterocycles. The molecule has 1 rings (SSSR count). The van der Waals surface area contributed by atoms with Gasteiger partial charge in [0.1, 0.15) is 0 Å². The third kappa shape index (κ3) is 17.3. The minimum atomic E-state index is 0. The molecule has 0 amide bonds. The Labute approximate surface area is 145 Å². The lowest BCUT2D eigenvalue weighted by atomic mass is 9.85. The second-order valence-electron chi connectivity index (χ2n) is 7.29. The zero-order valence-electron chi connectivity index (χ0n) is 11.7. The molecule has 1 aromatic carbocycles. The summed E-state index contributed by atoms with van der Waals surface area (Å²) in [5, 5.41) is 0.